The number of anilines is 1. The maximum atomic E-state index is 5.63. The monoisotopic (exact) mass is 284 g/mol. The third-order valence-corrected chi connectivity index (χ3v) is 2.79. The van der Waals surface area contributed by atoms with Crippen LogP contribution in [-0.2, 0) is 0 Å². The van der Waals surface area contributed by atoms with Gasteiger partial charge < -0.3 is 10.1 Å². The van der Waals surface area contributed by atoms with E-state index in [1.807, 2.05) is 61.5 Å². The number of hydrogen-bond acceptors (Lipinski definition) is 3. The Kier molecular flexibility index (Phi) is 5.60. The van der Waals surface area contributed by atoms with Crippen molar-refractivity contribution >= 4 is 11.6 Å². The van der Waals surface area contributed by atoms with Crippen LogP contribution in [0.1, 0.15) is 5.56 Å². The fraction of sp³-hybridized carbons (Fsp3) is 0.188. The Morgan fingerprint density at radius 1 is 1.14 bits per heavy atom. The van der Waals surface area contributed by atoms with E-state index in [1.54, 1.807) is 0 Å². The molecule has 0 radical (unpaired) electrons. The van der Waals surface area contributed by atoms with E-state index in [2.05, 4.69) is 15.7 Å². The molecule has 0 aliphatic rings. The maximum Gasteiger partial charge on any atom is 0.210 e. The summed E-state index contributed by atoms with van der Waals surface area (Å²) >= 11 is 0. The van der Waals surface area contributed by atoms with Gasteiger partial charge in [0.1, 0.15) is 12.4 Å². The molecule has 2 aromatic rings. The highest BCUT2D eigenvalue weighted by Crippen LogP contribution is 2.11. The molecule has 2 aromatic carbocycles. The molecular formula is C16H20N4O. The number of ether oxygens (including phenoxy) is 1. The van der Waals surface area contributed by atoms with E-state index in [4.69, 9.17) is 10.6 Å². The van der Waals surface area contributed by atoms with Gasteiger partial charge in [0.15, 0.2) is 0 Å². The summed E-state index contributed by atoms with van der Waals surface area (Å²) in [6, 6.07) is 17.6. The molecule has 5 nitrogen and oxygen atoms in total. The predicted octanol–water partition coefficient (Wildman–Crippen LogP) is 2.31. The lowest BCUT2D eigenvalue weighted by Gasteiger charge is -2.09. The summed E-state index contributed by atoms with van der Waals surface area (Å²) in [6.45, 7) is 3.03. The van der Waals surface area contributed by atoms with Gasteiger partial charge in [0.05, 0.1) is 6.54 Å². The first-order chi connectivity index (χ1) is 10.3. The molecular weight excluding hydrogens is 264 g/mol. The van der Waals surface area contributed by atoms with Crippen molar-refractivity contribution in [3.63, 3.8) is 0 Å². The minimum atomic E-state index is 0.491. The van der Waals surface area contributed by atoms with E-state index in [0.29, 0.717) is 19.1 Å². The number of benzene rings is 2. The number of hydrazine groups is 1. The van der Waals surface area contributed by atoms with Gasteiger partial charge in [-0.3, -0.25) is 5.43 Å². The number of hydrogen-bond donors (Lipinski definition) is 3. The van der Waals surface area contributed by atoms with Gasteiger partial charge in [-0.2, -0.15) is 0 Å². The Morgan fingerprint density at radius 2 is 1.95 bits per heavy atom. The van der Waals surface area contributed by atoms with Crippen LogP contribution in [0.4, 0.5) is 5.69 Å². The lowest BCUT2D eigenvalue weighted by Crippen LogP contribution is -2.36. The van der Waals surface area contributed by atoms with E-state index < -0.39 is 0 Å². The summed E-state index contributed by atoms with van der Waals surface area (Å²) in [5, 5.41) is 3.09. The van der Waals surface area contributed by atoms with Crippen LogP contribution in [0.5, 0.6) is 5.75 Å². The number of aliphatic imine (C=N–C) groups is 1. The molecule has 0 bridgehead atoms. The summed E-state index contributed by atoms with van der Waals surface area (Å²) in [4.78, 5) is 4.32. The maximum absolute atomic E-state index is 5.63. The van der Waals surface area contributed by atoms with Crippen molar-refractivity contribution in [2.24, 2.45) is 10.8 Å². The number of rotatable bonds is 5. The molecule has 21 heavy (non-hydrogen) atoms. The highest BCUT2D eigenvalue weighted by Gasteiger charge is 1.97. The van der Waals surface area contributed by atoms with Crippen LogP contribution in [0.2, 0.25) is 0 Å². The molecule has 110 valence electrons. The fourth-order valence-corrected chi connectivity index (χ4v) is 1.81. The van der Waals surface area contributed by atoms with Crippen LogP contribution < -0.4 is 21.3 Å². The van der Waals surface area contributed by atoms with Gasteiger partial charge in [0.25, 0.3) is 0 Å². The molecule has 0 amide bonds. The Labute approximate surface area is 124 Å². The van der Waals surface area contributed by atoms with Crippen LogP contribution in [0, 0.1) is 6.92 Å². The summed E-state index contributed by atoms with van der Waals surface area (Å²) < 4.78 is 5.63. The summed E-state index contributed by atoms with van der Waals surface area (Å²) in [6.07, 6.45) is 0. The first-order valence-electron chi connectivity index (χ1n) is 6.80. The standard InChI is InChI=1S/C16H20N4O/c1-13-6-5-9-15(12-13)21-11-10-18-16(20-17)19-14-7-3-2-4-8-14/h2-9,12H,10-11,17H2,1H3,(H2,18,19,20). The number of nitrogens with one attached hydrogen (secondary N) is 2. The smallest absolute Gasteiger partial charge is 0.210 e. The van der Waals surface area contributed by atoms with E-state index >= 15 is 0 Å². The second-order valence-corrected chi connectivity index (χ2v) is 4.53. The lowest BCUT2D eigenvalue weighted by molar-refractivity contribution is 0.328. The van der Waals surface area contributed by atoms with Gasteiger partial charge in [0.2, 0.25) is 5.96 Å². The van der Waals surface area contributed by atoms with Gasteiger partial charge in [-0.1, -0.05) is 30.3 Å². The number of nitrogens with two attached hydrogens (primary N) is 1. The summed E-state index contributed by atoms with van der Waals surface area (Å²) in [5.41, 5.74) is 4.64. The fourth-order valence-electron chi connectivity index (χ4n) is 1.81. The first-order valence-corrected chi connectivity index (χ1v) is 6.80. The quantitative estimate of drug-likeness (QED) is 0.259. The third kappa shape index (κ3) is 5.16. The minimum absolute atomic E-state index is 0.491. The van der Waals surface area contributed by atoms with Gasteiger partial charge in [0, 0.05) is 5.69 Å². The van der Waals surface area contributed by atoms with Gasteiger partial charge in [-0.05, 0) is 36.8 Å². The average Bonchev–Trinajstić information content (AvgIpc) is 2.51. The summed E-state index contributed by atoms with van der Waals surface area (Å²) in [5.74, 6) is 6.81. The molecule has 0 atom stereocenters. The molecule has 5 heteroatoms. The van der Waals surface area contributed by atoms with Crippen LogP contribution >= 0.6 is 0 Å². The molecule has 2 rings (SSSR count). The molecule has 0 spiro atoms. The van der Waals surface area contributed by atoms with Crippen molar-refractivity contribution in [2.75, 3.05) is 18.5 Å². The SMILES string of the molecule is Cc1cccc(OCCN=C(NN)Nc2ccccc2)c1. The van der Waals surface area contributed by atoms with Gasteiger partial charge in [-0.15, -0.1) is 0 Å². The van der Waals surface area contributed by atoms with Crippen molar-refractivity contribution in [1.29, 1.82) is 0 Å². The van der Waals surface area contributed by atoms with Crippen molar-refractivity contribution in [3.8, 4) is 5.75 Å². The summed E-state index contributed by atoms with van der Waals surface area (Å²) in [7, 11) is 0. The molecule has 0 aromatic heterocycles. The molecule has 0 saturated heterocycles. The molecule has 0 heterocycles. The van der Waals surface area contributed by atoms with Gasteiger partial charge in [-0.25, -0.2) is 10.8 Å². The molecule has 0 fully saturated rings. The zero-order chi connectivity index (χ0) is 14.9. The number of nitrogens with zero attached hydrogens (tertiary/aromatic N) is 1. The van der Waals surface area contributed by atoms with Crippen LogP contribution in [-0.4, -0.2) is 19.1 Å². The van der Waals surface area contributed by atoms with Crippen molar-refractivity contribution in [2.45, 2.75) is 6.92 Å². The second kappa shape index (κ2) is 7.91. The molecule has 0 aliphatic carbocycles. The minimum Gasteiger partial charge on any atom is -0.492 e. The zero-order valence-electron chi connectivity index (χ0n) is 12.0. The average molecular weight is 284 g/mol. The molecule has 0 unspecified atom stereocenters. The van der Waals surface area contributed by atoms with Gasteiger partial charge >= 0.3 is 0 Å². The topological polar surface area (TPSA) is 71.7 Å². The molecule has 0 saturated carbocycles. The van der Waals surface area contributed by atoms with Crippen molar-refractivity contribution in [1.82, 2.24) is 5.43 Å². The highest BCUT2D eigenvalue weighted by molar-refractivity contribution is 5.93. The van der Waals surface area contributed by atoms with E-state index in [-0.39, 0.29) is 0 Å². The van der Waals surface area contributed by atoms with Crippen molar-refractivity contribution in [3.05, 3.63) is 60.2 Å². The largest absolute Gasteiger partial charge is 0.492 e. The normalized spacial score (nSPS) is 11.0. The van der Waals surface area contributed by atoms with Crippen LogP contribution in [0.25, 0.3) is 0 Å². The number of aryl methyl sites for hydroxylation is 1. The zero-order valence-corrected chi connectivity index (χ0v) is 12.0. The molecule has 0 aliphatic heterocycles. The lowest BCUT2D eigenvalue weighted by atomic mass is 10.2. The molecule has 4 N–H and O–H groups in total. The van der Waals surface area contributed by atoms with Crippen molar-refractivity contribution < 1.29 is 4.74 Å². The van der Waals surface area contributed by atoms with E-state index in [1.165, 1.54) is 5.56 Å². The Bertz CT molecular complexity index is 584. The Morgan fingerprint density at radius 3 is 2.67 bits per heavy atom. The van der Waals surface area contributed by atoms with E-state index in [9.17, 15) is 0 Å². The van der Waals surface area contributed by atoms with Crippen LogP contribution in [0.3, 0.4) is 0 Å². The third-order valence-electron chi connectivity index (χ3n) is 2.79. The first kappa shape index (κ1) is 14.9. The Hall–Kier alpha value is -2.53. The predicted molar refractivity (Wildman–Crippen MR) is 86.4 cm³/mol. The number of para-hydroxylation sites is 1. The van der Waals surface area contributed by atoms with Crippen LogP contribution in [0.15, 0.2) is 59.6 Å². The number of guanidine groups is 1. The Balaban J connectivity index is 1.81. The highest BCUT2D eigenvalue weighted by atomic mass is 16.5. The van der Waals surface area contributed by atoms with E-state index in [0.717, 1.165) is 11.4 Å². The second-order valence-electron chi connectivity index (χ2n) is 4.53.